The lowest BCUT2D eigenvalue weighted by Crippen LogP contribution is -2.03. The lowest BCUT2D eigenvalue weighted by Gasteiger charge is -1.99. The van der Waals surface area contributed by atoms with Crippen LogP contribution in [-0.2, 0) is 0 Å². The molecule has 2 N–H and O–H groups in total. The van der Waals surface area contributed by atoms with Gasteiger partial charge in [-0.25, -0.2) is 0 Å². The molecule has 0 radical (unpaired) electrons. The summed E-state index contributed by atoms with van der Waals surface area (Å²) in [5, 5.41) is 0.739. The van der Waals surface area contributed by atoms with Gasteiger partial charge in [0.2, 0.25) is 0 Å². The smallest absolute Gasteiger partial charge is 0.00584 e. The van der Waals surface area contributed by atoms with E-state index in [4.69, 9.17) is 5.73 Å². The Kier molecular flexibility index (Phi) is 4.67. The van der Waals surface area contributed by atoms with Crippen molar-refractivity contribution in [1.29, 1.82) is 0 Å². The van der Waals surface area contributed by atoms with E-state index in [1.54, 1.807) is 0 Å². The van der Waals surface area contributed by atoms with Crippen LogP contribution in [0.5, 0.6) is 0 Å². The van der Waals surface area contributed by atoms with Crippen LogP contribution < -0.4 is 5.73 Å². The molecule has 0 aliphatic carbocycles. The second kappa shape index (κ2) is 4.47. The van der Waals surface area contributed by atoms with Crippen LogP contribution in [0.3, 0.4) is 0 Å². The van der Waals surface area contributed by atoms with Gasteiger partial charge in [-0.3, -0.25) is 0 Å². The highest BCUT2D eigenvalue weighted by Gasteiger charge is 1.88. The summed E-state index contributed by atoms with van der Waals surface area (Å²) in [5.41, 5.74) is 5.26. The molecule has 0 aliphatic heterocycles. The molecular formula is C5H13NS. The van der Waals surface area contributed by atoms with Crippen LogP contribution in [0.25, 0.3) is 0 Å². The van der Waals surface area contributed by atoms with Crippen molar-refractivity contribution >= 4 is 11.8 Å². The molecule has 0 rings (SSSR count). The molecular weight excluding hydrogens is 106 g/mol. The monoisotopic (exact) mass is 119 g/mol. The molecule has 0 aromatic heterocycles. The van der Waals surface area contributed by atoms with Crippen molar-refractivity contribution < 1.29 is 0 Å². The topological polar surface area (TPSA) is 26.0 Å². The zero-order valence-corrected chi connectivity index (χ0v) is 5.79. The van der Waals surface area contributed by atoms with Gasteiger partial charge in [-0.1, -0.05) is 13.8 Å². The van der Waals surface area contributed by atoms with E-state index in [0.717, 1.165) is 17.5 Å². The highest BCUT2D eigenvalue weighted by Crippen LogP contribution is 2.05. The number of thioether (sulfide) groups is 1. The first kappa shape index (κ1) is 7.31. The Morgan fingerprint density at radius 3 is 2.29 bits per heavy atom. The van der Waals surface area contributed by atoms with Crippen molar-refractivity contribution in [3.63, 3.8) is 0 Å². The molecule has 0 fully saturated rings. The highest BCUT2D eigenvalue weighted by molar-refractivity contribution is 7.99. The molecule has 0 aromatic rings. The minimum Gasteiger partial charge on any atom is -0.330 e. The molecule has 1 nitrogen and oxygen atoms in total. The molecule has 7 heavy (non-hydrogen) atoms. The van der Waals surface area contributed by atoms with Gasteiger partial charge in [0.1, 0.15) is 0 Å². The van der Waals surface area contributed by atoms with Crippen LogP contribution in [0, 0.1) is 0 Å². The summed E-state index contributed by atoms with van der Waals surface area (Å²) in [7, 11) is 0. The molecule has 0 aliphatic rings. The Hall–Kier alpha value is 0.310. The van der Waals surface area contributed by atoms with Crippen LogP contribution in [0.15, 0.2) is 0 Å². The maximum atomic E-state index is 5.26. The summed E-state index contributed by atoms with van der Waals surface area (Å²) in [6.07, 6.45) is 0. The average molecular weight is 119 g/mol. The molecule has 0 aromatic carbocycles. The quantitative estimate of drug-likeness (QED) is 0.601. The van der Waals surface area contributed by atoms with E-state index in [1.807, 2.05) is 11.8 Å². The van der Waals surface area contributed by atoms with Crippen LogP contribution in [0.2, 0.25) is 0 Å². The summed E-state index contributed by atoms with van der Waals surface area (Å²) in [5.74, 6) is 1.09. The van der Waals surface area contributed by atoms with Gasteiger partial charge in [0.05, 0.1) is 0 Å². The van der Waals surface area contributed by atoms with E-state index in [0.29, 0.717) is 0 Å². The first-order valence-electron chi connectivity index (χ1n) is 2.59. The lowest BCUT2D eigenvalue weighted by molar-refractivity contribution is 1.09. The maximum absolute atomic E-state index is 5.26. The third kappa shape index (κ3) is 6.31. The third-order valence-corrected chi connectivity index (χ3v) is 1.71. The largest absolute Gasteiger partial charge is 0.330 e. The molecule has 0 spiro atoms. The number of nitrogens with two attached hydrogens (primary N) is 1. The first-order valence-corrected chi connectivity index (χ1v) is 3.64. The Labute approximate surface area is 49.7 Å². The van der Waals surface area contributed by atoms with Crippen molar-refractivity contribution in [2.75, 3.05) is 12.3 Å². The van der Waals surface area contributed by atoms with Gasteiger partial charge in [0, 0.05) is 12.3 Å². The minimum absolute atomic E-state index is 0.739. The van der Waals surface area contributed by atoms with E-state index < -0.39 is 0 Å². The second-order valence-electron chi connectivity index (χ2n) is 1.71. The summed E-state index contributed by atoms with van der Waals surface area (Å²) in [4.78, 5) is 0. The van der Waals surface area contributed by atoms with Gasteiger partial charge in [-0.2, -0.15) is 11.8 Å². The Balaban J connectivity index is 2.68. The molecule has 0 atom stereocenters. The van der Waals surface area contributed by atoms with Gasteiger partial charge < -0.3 is 5.73 Å². The van der Waals surface area contributed by atoms with Gasteiger partial charge in [0.25, 0.3) is 0 Å². The fourth-order valence-corrected chi connectivity index (χ4v) is 0.911. The molecule has 0 amide bonds. The zero-order valence-electron chi connectivity index (χ0n) is 4.98. The second-order valence-corrected chi connectivity index (χ2v) is 3.39. The van der Waals surface area contributed by atoms with Crippen LogP contribution in [-0.4, -0.2) is 17.5 Å². The summed E-state index contributed by atoms with van der Waals surface area (Å²) in [6.45, 7) is 5.17. The van der Waals surface area contributed by atoms with Crippen LogP contribution >= 0.6 is 11.8 Å². The first-order chi connectivity index (χ1) is 3.27. The van der Waals surface area contributed by atoms with E-state index in [1.165, 1.54) is 0 Å². The van der Waals surface area contributed by atoms with Crippen LogP contribution in [0.1, 0.15) is 13.8 Å². The van der Waals surface area contributed by atoms with E-state index >= 15 is 0 Å². The van der Waals surface area contributed by atoms with Gasteiger partial charge in [-0.05, 0) is 5.25 Å². The minimum atomic E-state index is 0.739. The number of hydrogen-bond acceptors (Lipinski definition) is 2. The van der Waals surface area contributed by atoms with Gasteiger partial charge in [-0.15, -0.1) is 0 Å². The lowest BCUT2D eigenvalue weighted by atomic mass is 10.6. The maximum Gasteiger partial charge on any atom is 0.00584 e. The van der Waals surface area contributed by atoms with Gasteiger partial charge in [0.15, 0.2) is 0 Å². The molecule has 44 valence electrons. The highest BCUT2D eigenvalue weighted by atomic mass is 32.2. The fourth-order valence-electron chi connectivity index (χ4n) is 0.304. The molecule has 0 saturated carbocycles. The SMILES string of the molecule is CC(C)SCCN. The normalized spacial score (nSPS) is 10.3. The predicted molar refractivity (Wildman–Crippen MR) is 36.6 cm³/mol. The molecule has 2 heteroatoms. The van der Waals surface area contributed by atoms with E-state index in [2.05, 4.69) is 13.8 Å². The molecule has 0 saturated heterocycles. The number of rotatable bonds is 3. The third-order valence-electron chi connectivity index (χ3n) is 0.569. The van der Waals surface area contributed by atoms with Crippen molar-refractivity contribution in [3.05, 3.63) is 0 Å². The summed E-state index contributed by atoms with van der Waals surface area (Å²) >= 11 is 1.91. The Morgan fingerprint density at radius 2 is 2.14 bits per heavy atom. The van der Waals surface area contributed by atoms with Crippen molar-refractivity contribution in [1.82, 2.24) is 0 Å². The summed E-state index contributed by atoms with van der Waals surface area (Å²) in [6, 6.07) is 0. The number of hydrogen-bond donors (Lipinski definition) is 1. The fraction of sp³-hybridized carbons (Fsp3) is 1.00. The molecule has 0 bridgehead atoms. The van der Waals surface area contributed by atoms with Crippen molar-refractivity contribution in [3.8, 4) is 0 Å². The zero-order chi connectivity index (χ0) is 5.70. The standard InChI is InChI=1S/C5H13NS/c1-5(2)7-4-3-6/h5H,3-4,6H2,1-2H3. The van der Waals surface area contributed by atoms with Crippen molar-refractivity contribution in [2.45, 2.75) is 19.1 Å². The average Bonchev–Trinajstić information content (AvgIpc) is 1.61. The Bertz CT molecular complexity index is 37.1. The van der Waals surface area contributed by atoms with Gasteiger partial charge >= 0.3 is 0 Å². The summed E-state index contributed by atoms with van der Waals surface area (Å²) < 4.78 is 0. The van der Waals surface area contributed by atoms with Crippen molar-refractivity contribution in [2.24, 2.45) is 5.73 Å². The predicted octanol–water partition coefficient (Wildman–Crippen LogP) is 1.09. The van der Waals surface area contributed by atoms with E-state index in [-0.39, 0.29) is 0 Å². The Morgan fingerprint density at radius 1 is 1.57 bits per heavy atom. The molecule has 0 unspecified atom stereocenters. The van der Waals surface area contributed by atoms with E-state index in [9.17, 15) is 0 Å². The molecule has 0 heterocycles. The van der Waals surface area contributed by atoms with Crippen LogP contribution in [0.4, 0.5) is 0 Å².